The van der Waals surface area contributed by atoms with Crippen LogP contribution < -0.4 is 14.2 Å². The Morgan fingerprint density at radius 1 is 0.519 bits per heavy atom. The fraction of sp³-hybridized carbons (Fsp3) is 0.366. The molecular weight excluding hydrogens is 692 g/mol. The topological polar surface area (TPSA) is 27.7 Å². The molecule has 0 spiro atoms. The Labute approximate surface area is 299 Å². The molecular formula is C41H42F8O3. The van der Waals surface area contributed by atoms with Crippen molar-refractivity contribution in [2.45, 2.75) is 71.1 Å². The van der Waals surface area contributed by atoms with E-state index in [2.05, 4.69) is 6.58 Å². The third-order valence-electron chi connectivity index (χ3n) is 8.72. The molecule has 52 heavy (non-hydrogen) atoms. The number of allylic oxidation sites excluding steroid dienone is 1. The van der Waals surface area contributed by atoms with Crippen LogP contribution >= 0.6 is 0 Å². The SMILES string of the molecule is C=CC(CCCCCCOc1ccc(-c2ccc(OCC)c(F)c2F)c(F)c1)CCCCCCOc1ccc(-c2cc(F)c(F)c(F)c2)c(F)c1F. The van der Waals surface area contributed by atoms with Gasteiger partial charge in [0.25, 0.3) is 0 Å². The lowest BCUT2D eigenvalue weighted by Gasteiger charge is -2.13. The van der Waals surface area contributed by atoms with Gasteiger partial charge in [-0.15, -0.1) is 6.58 Å². The highest BCUT2D eigenvalue weighted by Gasteiger charge is 2.20. The van der Waals surface area contributed by atoms with Gasteiger partial charge in [-0.1, -0.05) is 44.6 Å². The zero-order valence-corrected chi connectivity index (χ0v) is 29.0. The molecule has 0 amide bonds. The van der Waals surface area contributed by atoms with Crippen molar-refractivity contribution in [2.75, 3.05) is 19.8 Å². The summed E-state index contributed by atoms with van der Waals surface area (Å²) in [7, 11) is 0. The molecule has 4 rings (SSSR count). The largest absolute Gasteiger partial charge is 0.493 e. The van der Waals surface area contributed by atoms with Gasteiger partial charge in [0, 0.05) is 22.8 Å². The second kappa shape index (κ2) is 19.9. The third kappa shape index (κ3) is 10.7. The van der Waals surface area contributed by atoms with E-state index in [-0.39, 0.29) is 41.4 Å². The first kappa shape index (κ1) is 40.2. The minimum atomic E-state index is -1.69. The summed E-state index contributed by atoms with van der Waals surface area (Å²) in [5.41, 5.74) is -1.01. The van der Waals surface area contributed by atoms with Crippen LogP contribution in [0.2, 0.25) is 0 Å². The van der Waals surface area contributed by atoms with Crippen molar-refractivity contribution in [2.24, 2.45) is 5.92 Å². The van der Waals surface area contributed by atoms with E-state index in [0.29, 0.717) is 36.8 Å². The van der Waals surface area contributed by atoms with E-state index in [1.165, 1.54) is 30.3 Å². The maximum atomic E-state index is 14.8. The summed E-state index contributed by atoms with van der Waals surface area (Å²) < 4.78 is 129. The van der Waals surface area contributed by atoms with Crippen LogP contribution in [0.4, 0.5) is 35.1 Å². The molecule has 0 N–H and O–H groups in total. The molecule has 280 valence electrons. The molecule has 4 aromatic rings. The summed E-state index contributed by atoms with van der Waals surface area (Å²) in [5, 5.41) is 0. The Bertz CT molecular complexity index is 1770. The number of halogens is 8. The summed E-state index contributed by atoms with van der Waals surface area (Å²) in [6.45, 7) is 6.34. The van der Waals surface area contributed by atoms with Gasteiger partial charge in [0.15, 0.2) is 40.6 Å². The molecule has 4 aromatic carbocycles. The van der Waals surface area contributed by atoms with Crippen LogP contribution in [0.15, 0.2) is 67.3 Å². The maximum Gasteiger partial charge on any atom is 0.201 e. The zero-order chi connectivity index (χ0) is 37.6. The standard InChI is InChI=1S/C41H42F8O3/c1-3-26(14-10-6-8-12-22-52-36-19-17-29(37(45)41(36)49)27-23-33(43)39(47)34(44)24-27)13-9-5-7-11-21-51-28-15-16-30(32(42)25-28)31-18-20-35(50-4-2)40(48)38(31)46/h3,15-20,23-26H,1,4-14,21-22H2,2H3. The van der Waals surface area contributed by atoms with E-state index in [4.69, 9.17) is 14.2 Å². The minimum absolute atomic E-state index is 0.0721. The van der Waals surface area contributed by atoms with Crippen molar-refractivity contribution < 1.29 is 49.3 Å². The Hall–Kier alpha value is -4.54. The van der Waals surface area contributed by atoms with Gasteiger partial charge in [0.1, 0.15) is 11.6 Å². The molecule has 0 saturated heterocycles. The highest BCUT2D eigenvalue weighted by molar-refractivity contribution is 5.67. The molecule has 0 fully saturated rings. The molecule has 0 aliphatic carbocycles. The molecule has 1 atom stereocenters. The van der Waals surface area contributed by atoms with Crippen LogP contribution in [0.3, 0.4) is 0 Å². The lowest BCUT2D eigenvalue weighted by Crippen LogP contribution is -2.02. The van der Waals surface area contributed by atoms with E-state index < -0.39 is 52.1 Å². The van der Waals surface area contributed by atoms with Crippen LogP contribution in [-0.2, 0) is 0 Å². The van der Waals surface area contributed by atoms with E-state index in [9.17, 15) is 35.1 Å². The quantitative estimate of drug-likeness (QED) is 0.0369. The van der Waals surface area contributed by atoms with Crippen LogP contribution in [0.5, 0.6) is 17.2 Å². The second-order valence-electron chi connectivity index (χ2n) is 12.4. The lowest BCUT2D eigenvalue weighted by molar-refractivity contribution is 0.284. The Morgan fingerprint density at radius 3 is 1.62 bits per heavy atom. The smallest absolute Gasteiger partial charge is 0.201 e. The average molecular weight is 735 g/mol. The summed E-state index contributed by atoms with van der Waals surface area (Å²) in [5.74, 6) is -10.2. The Kier molecular flexibility index (Phi) is 15.4. The van der Waals surface area contributed by atoms with Gasteiger partial charge in [-0.2, -0.15) is 8.78 Å². The summed E-state index contributed by atoms with van der Waals surface area (Å²) in [6.07, 6.45) is 11.0. The number of ether oxygens (including phenoxy) is 3. The van der Waals surface area contributed by atoms with Crippen LogP contribution in [0, 0.1) is 52.5 Å². The van der Waals surface area contributed by atoms with Gasteiger partial charge in [-0.05, 0) is 92.6 Å². The summed E-state index contributed by atoms with van der Waals surface area (Å²) in [6, 6.07) is 10.1. The lowest BCUT2D eigenvalue weighted by atomic mass is 9.94. The number of hydrogen-bond acceptors (Lipinski definition) is 3. The van der Waals surface area contributed by atoms with Gasteiger partial charge in [0.05, 0.1) is 19.8 Å². The Balaban J connectivity index is 1.07. The van der Waals surface area contributed by atoms with Crippen molar-refractivity contribution >= 4 is 0 Å². The number of unbranched alkanes of at least 4 members (excludes halogenated alkanes) is 6. The van der Waals surface area contributed by atoms with Gasteiger partial charge in [0.2, 0.25) is 11.6 Å². The van der Waals surface area contributed by atoms with E-state index in [1.807, 2.05) is 6.08 Å². The van der Waals surface area contributed by atoms with E-state index in [0.717, 1.165) is 69.9 Å². The first-order valence-electron chi connectivity index (χ1n) is 17.5. The number of benzene rings is 4. The maximum absolute atomic E-state index is 14.8. The fourth-order valence-electron chi connectivity index (χ4n) is 5.86. The van der Waals surface area contributed by atoms with Crippen molar-refractivity contribution in [1.29, 1.82) is 0 Å². The van der Waals surface area contributed by atoms with Gasteiger partial charge in [-0.25, -0.2) is 26.3 Å². The molecule has 0 aliphatic heterocycles. The predicted molar refractivity (Wildman–Crippen MR) is 185 cm³/mol. The molecule has 0 aliphatic rings. The van der Waals surface area contributed by atoms with E-state index >= 15 is 0 Å². The van der Waals surface area contributed by atoms with Crippen molar-refractivity contribution in [3.05, 3.63) is 114 Å². The molecule has 0 bridgehead atoms. The van der Waals surface area contributed by atoms with Gasteiger partial charge >= 0.3 is 0 Å². The van der Waals surface area contributed by atoms with Crippen molar-refractivity contribution in [3.8, 4) is 39.5 Å². The third-order valence-corrected chi connectivity index (χ3v) is 8.72. The molecule has 0 aromatic heterocycles. The molecule has 11 heteroatoms. The average Bonchev–Trinajstić information content (AvgIpc) is 3.12. The van der Waals surface area contributed by atoms with Crippen molar-refractivity contribution in [1.82, 2.24) is 0 Å². The molecule has 0 saturated carbocycles. The zero-order valence-electron chi connectivity index (χ0n) is 29.0. The van der Waals surface area contributed by atoms with Gasteiger partial charge < -0.3 is 14.2 Å². The summed E-state index contributed by atoms with van der Waals surface area (Å²) in [4.78, 5) is 0. The second-order valence-corrected chi connectivity index (χ2v) is 12.4. The highest BCUT2D eigenvalue weighted by Crippen LogP contribution is 2.34. The van der Waals surface area contributed by atoms with Crippen molar-refractivity contribution in [3.63, 3.8) is 0 Å². The van der Waals surface area contributed by atoms with Gasteiger partial charge in [-0.3, -0.25) is 0 Å². The Morgan fingerprint density at radius 2 is 1.04 bits per heavy atom. The molecule has 0 radical (unpaired) electrons. The highest BCUT2D eigenvalue weighted by atomic mass is 19.2. The first-order chi connectivity index (χ1) is 25.0. The molecule has 0 heterocycles. The molecule has 3 nitrogen and oxygen atoms in total. The van der Waals surface area contributed by atoms with Crippen LogP contribution in [0.1, 0.15) is 71.1 Å². The predicted octanol–water partition coefficient (Wildman–Crippen LogP) is 12.7. The number of hydrogen-bond donors (Lipinski definition) is 0. The number of rotatable bonds is 21. The van der Waals surface area contributed by atoms with Crippen LogP contribution in [0.25, 0.3) is 22.3 Å². The minimum Gasteiger partial charge on any atom is -0.493 e. The van der Waals surface area contributed by atoms with Crippen LogP contribution in [-0.4, -0.2) is 19.8 Å². The fourth-order valence-corrected chi connectivity index (χ4v) is 5.86. The first-order valence-corrected chi connectivity index (χ1v) is 17.5. The monoisotopic (exact) mass is 734 g/mol. The molecule has 1 unspecified atom stereocenters. The van der Waals surface area contributed by atoms with E-state index in [1.54, 1.807) is 6.92 Å². The normalized spacial score (nSPS) is 11.8. The summed E-state index contributed by atoms with van der Waals surface area (Å²) >= 11 is 0.